The highest BCUT2D eigenvalue weighted by Crippen LogP contribution is 2.41. The predicted molar refractivity (Wildman–Crippen MR) is 293 cm³/mol. The molecule has 2 aliphatic carbocycles. The zero-order chi connectivity index (χ0) is 47.7. The van der Waals surface area contributed by atoms with Gasteiger partial charge in [-0.15, -0.1) is 9.24 Å². The molecule has 68 heavy (non-hydrogen) atoms. The van der Waals surface area contributed by atoms with E-state index in [0.29, 0.717) is 43.7 Å². The van der Waals surface area contributed by atoms with Gasteiger partial charge in [-0.1, -0.05) is 75.4 Å². The van der Waals surface area contributed by atoms with E-state index in [1.807, 2.05) is 84.9 Å². The SMILES string of the molecule is NC(=NC(=S)Nc1ccc(OCCN2CCCC2)cc1)SCP.Nc1nc(Nc2ccc(OCCN3CCCC3)cc2)sc1C(=O)c1cccc(C2CC2)c1.O=C(CBr)c1cccc(C2CC2)c1. The number of alkyl halides is 1. The van der Waals surface area contributed by atoms with Gasteiger partial charge in [0.2, 0.25) is 5.78 Å². The molecule has 5 aromatic rings. The van der Waals surface area contributed by atoms with Crippen LogP contribution in [0.15, 0.2) is 102 Å². The van der Waals surface area contributed by atoms with Gasteiger partial charge in [-0.3, -0.25) is 19.4 Å². The number of aliphatic imine (C=N–C) groups is 1. The number of nitrogens with zero attached hydrogens (tertiary/aromatic N) is 4. The van der Waals surface area contributed by atoms with Crippen molar-refractivity contribution in [1.29, 1.82) is 0 Å². The highest BCUT2D eigenvalue weighted by Gasteiger charge is 2.26. The summed E-state index contributed by atoms with van der Waals surface area (Å²) in [5, 5.41) is 8.13. The van der Waals surface area contributed by atoms with Gasteiger partial charge in [-0.2, -0.15) is 4.99 Å². The molecule has 0 amide bonds. The number of Topliss-reactive ketones (excluding diaryl/α,β-unsaturated/α-hetero) is 1. The Morgan fingerprint density at radius 2 is 1.31 bits per heavy atom. The Morgan fingerprint density at radius 1 is 0.794 bits per heavy atom. The van der Waals surface area contributed by atoms with Crippen molar-refractivity contribution in [3.63, 3.8) is 0 Å². The minimum Gasteiger partial charge on any atom is -0.492 e. The molecule has 3 heterocycles. The van der Waals surface area contributed by atoms with Gasteiger partial charge in [-0.05, 0) is 173 Å². The first-order valence-corrected chi connectivity index (χ1v) is 27.5. The van der Waals surface area contributed by atoms with Crippen LogP contribution < -0.4 is 31.6 Å². The lowest BCUT2D eigenvalue weighted by atomic mass is 10.0. The fourth-order valence-corrected chi connectivity index (χ4v) is 10.2. The van der Waals surface area contributed by atoms with Gasteiger partial charge in [0.05, 0.1) is 5.33 Å². The number of carbonyl (C=O) groups excluding carboxylic acids is 2. The number of benzene rings is 4. The van der Waals surface area contributed by atoms with E-state index in [4.69, 9.17) is 33.2 Å². The highest BCUT2D eigenvalue weighted by atomic mass is 79.9. The van der Waals surface area contributed by atoms with Gasteiger partial charge in [-0.25, -0.2) is 4.98 Å². The summed E-state index contributed by atoms with van der Waals surface area (Å²) < 4.78 is 11.6. The number of ketones is 2. The molecular formula is C51H62BrN8O4PS3. The van der Waals surface area contributed by atoms with Crippen molar-refractivity contribution in [2.75, 3.05) is 79.7 Å². The number of aromatic nitrogens is 1. The van der Waals surface area contributed by atoms with Crippen LogP contribution in [-0.2, 0) is 0 Å². The van der Waals surface area contributed by atoms with Crippen LogP contribution in [0.1, 0.15) is 99.9 Å². The largest absolute Gasteiger partial charge is 0.492 e. The molecule has 0 bridgehead atoms. The molecule has 0 spiro atoms. The Kier molecular flexibility index (Phi) is 20.1. The Hall–Kier alpha value is -4.41. The van der Waals surface area contributed by atoms with Gasteiger partial charge in [0.15, 0.2) is 21.2 Å². The number of thioether (sulfide) groups is 1. The average molecular weight is 1060 g/mol. The average Bonchev–Trinajstić information content (AvgIpc) is 4.24. The van der Waals surface area contributed by atoms with E-state index in [2.05, 4.69) is 67.7 Å². The predicted octanol–water partition coefficient (Wildman–Crippen LogP) is 10.9. The lowest BCUT2D eigenvalue weighted by Crippen LogP contribution is -2.25. The summed E-state index contributed by atoms with van der Waals surface area (Å²) >= 11 is 11.1. The number of carbonyl (C=O) groups is 2. The van der Waals surface area contributed by atoms with Crippen LogP contribution in [0.3, 0.4) is 0 Å². The summed E-state index contributed by atoms with van der Waals surface area (Å²) in [4.78, 5) is 38.2. The number of hydrogen-bond acceptors (Lipinski definition) is 12. The number of rotatable bonds is 18. The minimum atomic E-state index is -0.0719. The fourth-order valence-electron chi connectivity index (χ4n) is 7.85. The smallest absolute Gasteiger partial charge is 0.206 e. The van der Waals surface area contributed by atoms with E-state index < -0.39 is 0 Å². The second kappa shape index (κ2) is 26.5. The monoisotopic (exact) mass is 1060 g/mol. The number of hydrogen-bond donors (Lipinski definition) is 4. The summed E-state index contributed by atoms with van der Waals surface area (Å²) in [5.41, 5.74) is 18.4. The number of ether oxygens (including phenoxy) is 2. The van der Waals surface area contributed by atoms with Crippen LogP contribution >= 0.6 is 60.5 Å². The van der Waals surface area contributed by atoms with Gasteiger partial charge in [0.1, 0.15) is 35.4 Å². The number of amidine groups is 1. The maximum Gasteiger partial charge on any atom is 0.206 e. The van der Waals surface area contributed by atoms with Crippen LogP contribution in [0.5, 0.6) is 11.5 Å². The molecule has 6 N–H and O–H groups in total. The number of likely N-dealkylation sites (tertiary alicyclic amines) is 2. The molecule has 17 heteroatoms. The quantitative estimate of drug-likeness (QED) is 0.0164. The van der Waals surface area contributed by atoms with Gasteiger partial charge in [0.25, 0.3) is 0 Å². The molecule has 4 aliphatic rings. The number of anilines is 4. The summed E-state index contributed by atoms with van der Waals surface area (Å²) in [6, 6.07) is 31.4. The molecule has 12 nitrogen and oxygen atoms in total. The molecule has 0 radical (unpaired) electrons. The van der Waals surface area contributed by atoms with Crippen molar-refractivity contribution < 1.29 is 19.1 Å². The molecule has 2 aliphatic heterocycles. The van der Waals surface area contributed by atoms with Crippen LogP contribution in [0, 0.1) is 0 Å². The summed E-state index contributed by atoms with van der Waals surface area (Å²) in [6.45, 7) is 8.13. The number of thiazole rings is 1. The van der Waals surface area contributed by atoms with Crippen LogP contribution in [0.25, 0.3) is 0 Å². The van der Waals surface area contributed by atoms with Gasteiger partial charge >= 0.3 is 0 Å². The number of nitrogens with two attached hydrogens (primary N) is 2. The maximum absolute atomic E-state index is 13.0. The van der Waals surface area contributed by atoms with Gasteiger partial charge in [0, 0.05) is 41.1 Å². The van der Waals surface area contributed by atoms with Crippen molar-refractivity contribution in [2.45, 2.75) is 63.2 Å². The third-order valence-electron chi connectivity index (χ3n) is 11.8. The highest BCUT2D eigenvalue weighted by molar-refractivity contribution is 9.09. The molecule has 1 unspecified atom stereocenters. The molecule has 4 fully saturated rings. The summed E-state index contributed by atoms with van der Waals surface area (Å²) in [5.74, 6) is 3.40. The molecule has 2 saturated carbocycles. The molecule has 2 saturated heterocycles. The third-order valence-corrected chi connectivity index (χ3v) is 14.6. The molecule has 1 aromatic heterocycles. The Morgan fingerprint density at radius 3 is 1.82 bits per heavy atom. The Balaban J connectivity index is 0.000000165. The maximum atomic E-state index is 13.0. The molecule has 1 atom stereocenters. The number of nitrogen functional groups attached to an aromatic ring is 1. The normalized spacial score (nSPS) is 15.9. The fraction of sp³-hybridized carbons (Fsp3) is 0.392. The zero-order valence-corrected chi connectivity index (χ0v) is 43.6. The molecule has 9 rings (SSSR count). The van der Waals surface area contributed by atoms with Crippen molar-refractivity contribution in [2.24, 2.45) is 10.7 Å². The van der Waals surface area contributed by atoms with Crippen molar-refractivity contribution >= 4 is 105 Å². The topological polar surface area (TPSA) is 160 Å². The lowest BCUT2D eigenvalue weighted by Gasteiger charge is -2.15. The van der Waals surface area contributed by atoms with Gasteiger partial charge < -0.3 is 31.6 Å². The van der Waals surface area contributed by atoms with Crippen molar-refractivity contribution in [3.05, 3.63) is 124 Å². The Bertz CT molecular complexity index is 2460. The van der Waals surface area contributed by atoms with Crippen LogP contribution in [-0.4, -0.2) is 99.9 Å². The standard InChI is InChI=1S/C25H28N4O2S.C15H23N4OPS2.C11H11BrO/c26-24-23(22(30)19-5-3-4-18(16-19)17-6-7-17)32-25(28-24)27-20-8-10-21(11-9-20)31-15-14-29-12-1-2-13-29;16-14(23-11-21)18-15(22)17-12-3-5-13(6-4-12)20-10-9-19-7-1-2-8-19;12-7-11(13)10-3-1-2-9(6-10)8-4-5-8/h3-5,8-11,16-17H,1-2,6-7,12-15,26H2,(H,27,28);3-6H,1-2,7-11,21H2,(H3,16,17,18,22);1-3,6,8H,4-5,7H2. The first-order chi connectivity index (χ1) is 33.1. The second-order valence-corrected chi connectivity index (χ2v) is 21.1. The van der Waals surface area contributed by atoms with Crippen molar-refractivity contribution in [3.8, 4) is 11.5 Å². The van der Waals surface area contributed by atoms with E-state index in [1.165, 1.54) is 112 Å². The summed E-state index contributed by atoms with van der Waals surface area (Å²) in [7, 11) is 2.58. The van der Waals surface area contributed by atoms with E-state index in [9.17, 15) is 9.59 Å². The minimum absolute atomic E-state index is 0.0719. The van der Waals surface area contributed by atoms with E-state index in [-0.39, 0.29) is 17.4 Å². The number of nitrogens with one attached hydrogen (secondary N) is 2. The van der Waals surface area contributed by atoms with E-state index in [1.54, 1.807) is 0 Å². The van der Waals surface area contributed by atoms with Crippen LogP contribution in [0.2, 0.25) is 0 Å². The third kappa shape index (κ3) is 16.6. The van der Waals surface area contributed by atoms with Crippen LogP contribution in [0.4, 0.5) is 22.3 Å². The zero-order valence-electron chi connectivity index (χ0n) is 38.4. The second-order valence-electron chi connectivity index (χ2n) is 17.1. The Labute approximate surface area is 425 Å². The summed E-state index contributed by atoms with van der Waals surface area (Å²) in [6.07, 6.45) is 10.2. The van der Waals surface area contributed by atoms with E-state index in [0.717, 1.165) is 59.5 Å². The van der Waals surface area contributed by atoms with E-state index >= 15 is 0 Å². The molecular weight excluding hydrogens is 996 g/mol. The lowest BCUT2D eigenvalue weighted by molar-refractivity contribution is 0.102. The molecule has 4 aromatic carbocycles. The first-order valence-electron chi connectivity index (χ1n) is 23.4. The van der Waals surface area contributed by atoms with Crippen molar-refractivity contribution in [1.82, 2.24) is 14.8 Å². The molecule has 360 valence electrons. The number of halogens is 1. The number of thiocarbonyl (C=S) groups is 1. The first kappa shape index (κ1) is 51.4.